The van der Waals surface area contributed by atoms with Crippen LogP contribution in [0.25, 0.3) is 0 Å². The van der Waals surface area contributed by atoms with Crippen LogP contribution in [0, 0.1) is 0 Å². The lowest BCUT2D eigenvalue weighted by molar-refractivity contribution is -0.317. The molecule has 0 aliphatic carbocycles. The Morgan fingerprint density at radius 3 is 2.14 bits per heavy atom. The van der Waals surface area contributed by atoms with E-state index in [4.69, 9.17) is 0 Å². The van der Waals surface area contributed by atoms with Crippen molar-refractivity contribution in [3.8, 4) is 0 Å². The van der Waals surface area contributed by atoms with Crippen molar-refractivity contribution in [1.29, 1.82) is 0 Å². The highest BCUT2D eigenvalue weighted by Gasteiger charge is 2.12. The molecule has 0 aromatic heterocycles. The van der Waals surface area contributed by atoms with Crippen molar-refractivity contribution in [2.45, 2.75) is 12.3 Å². The van der Waals surface area contributed by atoms with E-state index < -0.39 is 24.3 Å². The molecular weight excluding hydrogens is 184 g/mol. The second-order valence-corrected chi connectivity index (χ2v) is 2.86. The number of carbonyl (C=O) groups excluding carboxylic acids is 2. The van der Waals surface area contributed by atoms with Gasteiger partial charge in [-0.3, -0.25) is 0 Å². The van der Waals surface area contributed by atoms with Crippen LogP contribution >= 0.6 is 0 Å². The molecule has 0 aliphatic heterocycles. The van der Waals surface area contributed by atoms with Crippen LogP contribution in [0.5, 0.6) is 0 Å². The molecule has 0 amide bonds. The summed E-state index contributed by atoms with van der Waals surface area (Å²) in [5, 5.41) is 20.9. The van der Waals surface area contributed by atoms with E-state index in [0.717, 1.165) is 0 Å². The molecule has 4 nitrogen and oxygen atoms in total. The fourth-order valence-electron chi connectivity index (χ4n) is 1.19. The predicted molar refractivity (Wildman–Crippen MR) is 43.8 cm³/mol. The third-order valence-electron chi connectivity index (χ3n) is 1.86. The molecule has 0 N–H and O–H groups in total. The zero-order chi connectivity index (χ0) is 10.6. The SMILES string of the molecule is O=C([O-])CC(C(=O)[O-])c1ccccc1. The van der Waals surface area contributed by atoms with Gasteiger partial charge in [-0.15, -0.1) is 0 Å². The summed E-state index contributed by atoms with van der Waals surface area (Å²) in [6, 6.07) is 8.09. The zero-order valence-electron chi connectivity index (χ0n) is 7.30. The van der Waals surface area contributed by atoms with Gasteiger partial charge in [0.2, 0.25) is 0 Å². The van der Waals surface area contributed by atoms with Crippen LogP contribution in [0.1, 0.15) is 17.9 Å². The van der Waals surface area contributed by atoms with Crippen molar-refractivity contribution in [3.63, 3.8) is 0 Å². The third kappa shape index (κ3) is 2.58. The van der Waals surface area contributed by atoms with Gasteiger partial charge in [0.1, 0.15) is 0 Å². The van der Waals surface area contributed by atoms with Gasteiger partial charge >= 0.3 is 0 Å². The molecule has 0 aliphatic rings. The molecule has 0 radical (unpaired) electrons. The van der Waals surface area contributed by atoms with Gasteiger partial charge in [0.15, 0.2) is 0 Å². The minimum absolute atomic E-state index is 0.414. The second kappa shape index (κ2) is 4.41. The molecule has 0 saturated heterocycles. The van der Waals surface area contributed by atoms with E-state index in [1.807, 2.05) is 0 Å². The van der Waals surface area contributed by atoms with Crippen LogP contribution in [-0.2, 0) is 9.59 Å². The highest BCUT2D eigenvalue weighted by molar-refractivity contribution is 5.80. The van der Waals surface area contributed by atoms with Gasteiger partial charge in [-0.05, 0) is 12.0 Å². The molecule has 1 atom stereocenters. The average Bonchev–Trinajstić information content (AvgIpc) is 2.15. The molecule has 1 unspecified atom stereocenters. The maximum atomic E-state index is 10.6. The summed E-state index contributed by atoms with van der Waals surface area (Å²) in [7, 11) is 0. The predicted octanol–water partition coefficient (Wildman–Crippen LogP) is -1.34. The smallest absolute Gasteiger partial charge is 0.0493 e. The van der Waals surface area contributed by atoms with E-state index in [2.05, 4.69) is 0 Å². The van der Waals surface area contributed by atoms with E-state index in [9.17, 15) is 19.8 Å². The lowest BCUT2D eigenvalue weighted by atomic mass is 9.96. The van der Waals surface area contributed by atoms with E-state index in [1.54, 1.807) is 30.3 Å². The highest BCUT2D eigenvalue weighted by Crippen LogP contribution is 2.17. The number of carboxylic acid groups (broad SMARTS) is 2. The van der Waals surface area contributed by atoms with Gasteiger partial charge < -0.3 is 19.8 Å². The molecule has 0 heterocycles. The molecule has 14 heavy (non-hydrogen) atoms. The van der Waals surface area contributed by atoms with Gasteiger partial charge in [-0.25, -0.2) is 0 Å². The van der Waals surface area contributed by atoms with Crippen LogP contribution in [-0.4, -0.2) is 11.9 Å². The zero-order valence-corrected chi connectivity index (χ0v) is 7.30. The first-order valence-corrected chi connectivity index (χ1v) is 4.07. The van der Waals surface area contributed by atoms with Gasteiger partial charge in [0.25, 0.3) is 0 Å². The average molecular weight is 192 g/mol. The summed E-state index contributed by atoms with van der Waals surface area (Å²) in [6.07, 6.45) is -0.563. The first kappa shape index (κ1) is 10.2. The Balaban J connectivity index is 2.89. The Kier molecular flexibility index (Phi) is 3.23. The maximum absolute atomic E-state index is 10.6. The molecule has 1 aromatic rings. The van der Waals surface area contributed by atoms with E-state index in [0.29, 0.717) is 5.56 Å². The van der Waals surface area contributed by atoms with Crippen molar-refractivity contribution in [2.75, 3.05) is 0 Å². The lowest BCUT2D eigenvalue weighted by Gasteiger charge is -2.18. The Labute approximate surface area is 80.8 Å². The number of hydrogen-bond donors (Lipinski definition) is 0. The summed E-state index contributed by atoms with van der Waals surface area (Å²) in [5.41, 5.74) is 0.414. The molecule has 74 valence electrons. The molecule has 0 fully saturated rings. The van der Waals surface area contributed by atoms with Crippen molar-refractivity contribution in [3.05, 3.63) is 35.9 Å². The number of hydrogen-bond acceptors (Lipinski definition) is 4. The van der Waals surface area contributed by atoms with Gasteiger partial charge in [-0.2, -0.15) is 0 Å². The normalized spacial score (nSPS) is 12.0. The van der Waals surface area contributed by atoms with Crippen molar-refractivity contribution < 1.29 is 19.8 Å². The molecule has 0 saturated carbocycles. The van der Waals surface area contributed by atoms with Gasteiger partial charge in [0.05, 0.1) is 0 Å². The Hall–Kier alpha value is -1.84. The first-order valence-electron chi connectivity index (χ1n) is 4.07. The monoisotopic (exact) mass is 192 g/mol. The summed E-state index contributed by atoms with van der Waals surface area (Å²) >= 11 is 0. The van der Waals surface area contributed by atoms with E-state index in [-0.39, 0.29) is 0 Å². The summed E-state index contributed by atoms with van der Waals surface area (Å²) in [5.74, 6) is -3.94. The second-order valence-electron chi connectivity index (χ2n) is 2.86. The quantitative estimate of drug-likeness (QED) is 0.591. The number of aliphatic carboxylic acids is 2. The Morgan fingerprint density at radius 2 is 1.71 bits per heavy atom. The maximum Gasteiger partial charge on any atom is 0.0493 e. The Bertz CT molecular complexity index is 331. The number of benzene rings is 1. The largest absolute Gasteiger partial charge is 0.550 e. The van der Waals surface area contributed by atoms with E-state index in [1.165, 1.54) is 0 Å². The van der Waals surface area contributed by atoms with Crippen molar-refractivity contribution in [2.24, 2.45) is 0 Å². The first-order chi connectivity index (χ1) is 6.61. The minimum Gasteiger partial charge on any atom is -0.550 e. The molecule has 1 rings (SSSR count). The van der Waals surface area contributed by atoms with Crippen molar-refractivity contribution in [1.82, 2.24) is 0 Å². The summed E-state index contributed by atoms with van der Waals surface area (Å²) in [4.78, 5) is 20.9. The Morgan fingerprint density at radius 1 is 1.14 bits per heavy atom. The van der Waals surface area contributed by atoms with Gasteiger partial charge in [-0.1, -0.05) is 30.3 Å². The van der Waals surface area contributed by atoms with Gasteiger partial charge in [0, 0.05) is 17.9 Å². The minimum atomic E-state index is -1.40. The summed E-state index contributed by atoms with van der Waals surface area (Å²) < 4.78 is 0. The number of rotatable bonds is 4. The standard InChI is InChI=1S/C10H10O4/c11-9(12)6-8(10(13)14)7-4-2-1-3-5-7/h1-5,8H,6H2,(H,11,12)(H,13,14)/p-2. The molecule has 0 bridgehead atoms. The molecule has 4 heteroatoms. The molecule has 1 aromatic carbocycles. The fourth-order valence-corrected chi connectivity index (χ4v) is 1.19. The lowest BCUT2D eigenvalue weighted by Crippen LogP contribution is -2.34. The number of carbonyl (C=O) groups is 2. The topological polar surface area (TPSA) is 80.3 Å². The van der Waals surface area contributed by atoms with Crippen LogP contribution in [0.15, 0.2) is 30.3 Å². The van der Waals surface area contributed by atoms with Crippen LogP contribution in [0.3, 0.4) is 0 Å². The van der Waals surface area contributed by atoms with Crippen LogP contribution in [0.4, 0.5) is 0 Å². The highest BCUT2D eigenvalue weighted by atomic mass is 16.4. The molecule has 0 spiro atoms. The molecular formula is C10H8O4-2. The number of carboxylic acids is 2. The summed E-state index contributed by atoms with van der Waals surface area (Å²) in [6.45, 7) is 0. The van der Waals surface area contributed by atoms with E-state index >= 15 is 0 Å². The van der Waals surface area contributed by atoms with Crippen LogP contribution in [0.2, 0.25) is 0 Å². The third-order valence-corrected chi connectivity index (χ3v) is 1.86. The van der Waals surface area contributed by atoms with Crippen LogP contribution < -0.4 is 10.2 Å². The fraction of sp³-hybridized carbons (Fsp3) is 0.200. The van der Waals surface area contributed by atoms with Crippen molar-refractivity contribution >= 4 is 11.9 Å².